The van der Waals surface area contributed by atoms with Crippen LogP contribution in [0.1, 0.15) is 56.0 Å². The molecule has 0 aromatic carbocycles. The van der Waals surface area contributed by atoms with Crippen molar-refractivity contribution in [2.24, 2.45) is 0 Å². The van der Waals surface area contributed by atoms with E-state index in [1.165, 1.54) is 25.7 Å². The first kappa shape index (κ1) is 13.4. The lowest BCUT2D eigenvalue weighted by molar-refractivity contribution is 0.176. The van der Waals surface area contributed by atoms with Gasteiger partial charge in [0.1, 0.15) is 0 Å². The molecule has 1 saturated carbocycles. The second-order valence-corrected chi connectivity index (χ2v) is 5.57. The smallest absolute Gasteiger partial charge is 0.0876 e. The van der Waals surface area contributed by atoms with Crippen molar-refractivity contribution in [2.45, 2.75) is 57.7 Å². The minimum Gasteiger partial charge on any atom is -0.388 e. The third-order valence-corrected chi connectivity index (χ3v) is 4.13. The fraction of sp³-hybridized carbons (Fsp3) is 0.600. The minimum absolute atomic E-state index is 0.526. The summed E-state index contributed by atoms with van der Waals surface area (Å²) in [6.07, 6.45) is 10.8. The molecule has 0 aliphatic heterocycles. The molecule has 2 heterocycles. The molecule has 0 spiro atoms. The maximum Gasteiger partial charge on any atom is 0.0876 e. The first-order chi connectivity index (χ1) is 9.76. The maximum absolute atomic E-state index is 10.3. The molecular formula is C15H22N4O. The van der Waals surface area contributed by atoms with E-state index in [1.807, 2.05) is 30.1 Å². The molecule has 1 atom stereocenters. The van der Waals surface area contributed by atoms with Crippen molar-refractivity contribution in [2.75, 3.05) is 0 Å². The SMILES string of the molecule is CCn1cc(C(O)Cc2ccn(C3CCCC3)n2)cn1. The summed E-state index contributed by atoms with van der Waals surface area (Å²) in [5.41, 5.74) is 1.82. The van der Waals surface area contributed by atoms with E-state index >= 15 is 0 Å². The summed E-state index contributed by atoms with van der Waals surface area (Å²) < 4.78 is 3.90. The summed E-state index contributed by atoms with van der Waals surface area (Å²) in [6.45, 7) is 2.86. The molecule has 2 aromatic heterocycles. The molecule has 1 aliphatic carbocycles. The molecule has 108 valence electrons. The van der Waals surface area contributed by atoms with E-state index in [-0.39, 0.29) is 0 Å². The molecule has 2 aromatic rings. The van der Waals surface area contributed by atoms with Gasteiger partial charge in [0.05, 0.1) is 24.0 Å². The van der Waals surface area contributed by atoms with Crippen molar-refractivity contribution >= 4 is 0 Å². The fourth-order valence-electron chi connectivity index (χ4n) is 2.90. The van der Waals surface area contributed by atoms with Crippen LogP contribution in [0.2, 0.25) is 0 Å². The van der Waals surface area contributed by atoms with Crippen LogP contribution >= 0.6 is 0 Å². The molecule has 20 heavy (non-hydrogen) atoms. The highest BCUT2D eigenvalue weighted by atomic mass is 16.3. The standard InChI is InChI=1S/C15H22N4O/c1-2-18-11-12(10-16-18)15(20)9-13-7-8-19(17-13)14-5-3-4-6-14/h7-8,10-11,14-15,20H,2-6,9H2,1H3. The molecule has 5 heteroatoms. The lowest BCUT2D eigenvalue weighted by atomic mass is 10.1. The highest BCUT2D eigenvalue weighted by Crippen LogP contribution is 2.29. The topological polar surface area (TPSA) is 55.9 Å². The second kappa shape index (κ2) is 5.79. The van der Waals surface area contributed by atoms with Crippen LogP contribution < -0.4 is 0 Å². The van der Waals surface area contributed by atoms with Crippen molar-refractivity contribution in [3.8, 4) is 0 Å². The lowest BCUT2D eigenvalue weighted by Gasteiger charge is -2.09. The number of aromatic nitrogens is 4. The van der Waals surface area contributed by atoms with Crippen LogP contribution in [0.4, 0.5) is 0 Å². The van der Waals surface area contributed by atoms with Crippen molar-refractivity contribution < 1.29 is 5.11 Å². The Labute approximate surface area is 119 Å². The Kier molecular flexibility index (Phi) is 3.87. The van der Waals surface area contributed by atoms with Crippen molar-refractivity contribution in [1.82, 2.24) is 19.6 Å². The number of hydrogen-bond acceptors (Lipinski definition) is 3. The lowest BCUT2D eigenvalue weighted by Crippen LogP contribution is -2.07. The van der Waals surface area contributed by atoms with Gasteiger partial charge in [-0.1, -0.05) is 12.8 Å². The van der Waals surface area contributed by atoms with Gasteiger partial charge in [-0.05, 0) is 25.8 Å². The van der Waals surface area contributed by atoms with Gasteiger partial charge in [-0.3, -0.25) is 9.36 Å². The molecule has 0 bridgehead atoms. The van der Waals surface area contributed by atoms with E-state index in [1.54, 1.807) is 6.20 Å². The van der Waals surface area contributed by atoms with Crippen LogP contribution in [0, 0.1) is 0 Å². The summed E-state index contributed by atoms with van der Waals surface area (Å²) in [4.78, 5) is 0. The van der Waals surface area contributed by atoms with Gasteiger partial charge in [0.15, 0.2) is 0 Å². The van der Waals surface area contributed by atoms with Crippen molar-refractivity contribution in [1.29, 1.82) is 0 Å². The van der Waals surface area contributed by atoms with Gasteiger partial charge in [0.25, 0.3) is 0 Å². The Morgan fingerprint density at radius 2 is 2.20 bits per heavy atom. The van der Waals surface area contributed by atoms with E-state index < -0.39 is 6.10 Å². The average molecular weight is 274 g/mol. The van der Waals surface area contributed by atoms with E-state index in [0.29, 0.717) is 12.5 Å². The van der Waals surface area contributed by atoms with Crippen LogP contribution in [-0.2, 0) is 13.0 Å². The summed E-state index contributed by atoms with van der Waals surface area (Å²) in [6, 6.07) is 2.58. The molecule has 1 unspecified atom stereocenters. The highest BCUT2D eigenvalue weighted by molar-refractivity contribution is 5.12. The molecule has 1 aliphatic rings. The van der Waals surface area contributed by atoms with Crippen LogP contribution in [0.5, 0.6) is 0 Å². The Morgan fingerprint density at radius 3 is 2.90 bits per heavy atom. The van der Waals surface area contributed by atoms with Crippen LogP contribution in [0.15, 0.2) is 24.7 Å². The molecule has 3 rings (SSSR count). The summed E-state index contributed by atoms with van der Waals surface area (Å²) in [5, 5.41) is 19.1. The first-order valence-corrected chi connectivity index (χ1v) is 7.50. The van der Waals surface area contributed by atoms with Gasteiger partial charge in [0, 0.05) is 30.9 Å². The van der Waals surface area contributed by atoms with Gasteiger partial charge in [0.2, 0.25) is 0 Å². The van der Waals surface area contributed by atoms with E-state index in [9.17, 15) is 5.11 Å². The number of hydrogen-bond donors (Lipinski definition) is 1. The number of aliphatic hydroxyl groups excluding tert-OH is 1. The Balaban J connectivity index is 1.64. The van der Waals surface area contributed by atoms with Crippen LogP contribution in [0.3, 0.4) is 0 Å². The molecule has 0 amide bonds. The number of aryl methyl sites for hydroxylation is 1. The minimum atomic E-state index is -0.526. The van der Waals surface area contributed by atoms with Gasteiger partial charge in [-0.15, -0.1) is 0 Å². The molecule has 1 fully saturated rings. The van der Waals surface area contributed by atoms with Crippen molar-refractivity contribution in [3.05, 3.63) is 35.9 Å². The zero-order chi connectivity index (χ0) is 13.9. The molecule has 5 nitrogen and oxygen atoms in total. The summed E-state index contributed by atoms with van der Waals surface area (Å²) in [7, 11) is 0. The highest BCUT2D eigenvalue weighted by Gasteiger charge is 2.18. The molecule has 0 radical (unpaired) electrons. The summed E-state index contributed by atoms with van der Waals surface area (Å²) >= 11 is 0. The Hall–Kier alpha value is -1.62. The van der Waals surface area contributed by atoms with E-state index in [4.69, 9.17) is 0 Å². The quantitative estimate of drug-likeness (QED) is 0.911. The third-order valence-electron chi connectivity index (χ3n) is 4.13. The van der Waals surface area contributed by atoms with Gasteiger partial charge in [-0.25, -0.2) is 0 Å². The normalized spacial score (nSPS) is 17.7. The van der Waals surface area contributed by atoms with Crippen LogP contribution in [-0.4, -0.2) is 24.7 Å². The van der Waals surface area contributed by atoms with Gasteiger partial charge >= 0.3 is 0 Å². The van der Waals surface area contributed by atoms with Gasteiger partial charge in [-0.2, -0.15) is 10.2 Å². The summed E-state index contributed by atoms with van der Waals surface area (Å²) in [5.74, 6) is 0. The fourth-order valence-corrected chi connectivity index (χ4v) is 2.90. The van der Waals surface area contributed by atoms with Crippen LogP contribution in [0.25, 0.3) is 0 Å². The monoisotopic (exact) mass is 274 g/mol. The van der Waals surface area contributed by atoms with E-state index in [2.05, 4.69) is 14.9 Å². The molecule has 0 saturated heterocycles. The van der Waals surface area contributed by atoms with Crippen molar-refractivity contribution in [3.63, 3.8) is 0 Å². The molecular weight excluding hydrogens is 252 g/mol. The second-order valence-electron chi connectivity index (χ2n) is 5.57. The Bertz CT molecular complexity index is 554. The number of aliphatic hydroxyl groups is 1. The number of rotatable bonds is 5. The molecule has 1 N–H and O–H groups in total. The largest absolute Gasteiger partial charge is 0.388 e. The Morgan fingerprint density at radius 1 is 1.40 bits per heavy atom. The first-order valence-electron chi connectivity index (χ1n) is 7.50. The van der Waals surface area contributed by atoms with Gasteiger partial charge < -0.3 is 5.11 Å². The van der Waals surface area contributed by atoms with E-state index in [0.717, 1.165) is 17.8 Å². The number of nitrogens with zero attached hydrogens (tertiary/aromatic N) is 4. The maximum atomic E-state index is 10.3. The predicted molar refractivity (Wildman–Crippen MR) is 76.3 cm³/mol. The predicted octanol–water partition coefficient (Wildman–Crippen LogP) is 2.49. The third kappa shape index (κ3) is 2.77. The zero-order valence-corrected chi connectivity index (χ0v) is 11.9. The average Bonchev–Trinajstić information content (AvgIpc) is 3.19. The zero-order valence-electron chi connectivity index (χ0n) is 11.9.